The molecule has 6 heterocycles. The van der Waals surface area contributed by atoms with Crippen LogP contribution in [-0.2, 0) is 13.0 Å². The van der Waals surface area contributed by atoms with Crippen molar-refractivity contribution >= 4 is 21.8 Å². The number of nitrogens with zero attached hydrogens (tertiary/aromatic N) is 3. The first-order chi connectivity index (χ1) is 12.3. The normalized spacial score (nSPS) is 28.1. The highest BCUT2D eigenvalue weighted by Crippen LogP contribution is 2.37. The molecular formula is C21H23N3O. The summed E-state index contributed by atoms with van der Waals surface area (Å²) in [5.41, 5.74) is 4.03. The molecule has 4 nitrogen and oxygen atoms in total. The van der Waals surface area contributed by atoms with E-state index < -0.39 is 0 Å². The quantitative estimate of drug-likeness (QED) is 0.685. The van der Waals surface area contributed by atoms with Gasteiger partial charge in [-0.3, -0.25) is 4.79 Å². The molecule has 3 saturated heterocycles. The lowest BCUT2D eigenvalue weighted by atomic mass is 9.83. The summed E-state index contributed by atoms with van der Waals surface area (Å²) in [4.78, 5) is 16.1. The van der Waals surface area contributed by atoms with Crippen LogP contribution in [0, 0.1) is 5.92 Å². The van der Waals surface area contributed by atoms with Gasteiger partial charge in [-0.05, 0) is 56.3 Å². The molecule has 1 aromatic carbocycles. The molecule has 2 aromatic heterocycles. The highest BCUT2D eigenvalue weighted by Gasteiger charge is 2.36. The fraction of sp³-hybridized carbons (Fsp3) is 0.476. The summed E-state index contributed by atoms with van der Waals surface area (Å²) in [5, 5.41) is 2.10. The molecule has 4 heteroatoms. The molecule has 0 spiro atoms. The summed E-state index contributed by atoms with van der Waals surface area (Å²) in [6, 6.07) is 8.81. The molecule has 0 radical (unpaired) electrons. The maximum atomic E-state index is 13.6. The summed E-state index contributed by atoms with van der Waals surface area (Å²) in [7, 11) is 0. The lowest BCUT2D eigenvalue weighted by Gasteiger charge is -2.45. The van der Waals surface area contributed by atoms with Crippen LogP contribution in [0.5, 0.6) is 0 Å². The second kappa shape index (κ2) is 4.98. The Morgan fingerprint density at radius 2 is 1.88 bits per heavy atom. The number of pyridine rings is 1. The largest absolute Gasteiger partial charge is 0.340 e. The van der Waals surface area contributed by atoms with Gasteiger partial charge in [-0.25, -0.2) is 0 Å². The van der Waals surface area contributed by atoms with Gasteiger partial charge in [0.15, 0.2) is 0 Å². The van der Waals surface area contributed by atoms with Crippen LogP contribution >= 0.6 is 0 Å². The van der Waals surface area contributed by atoms with Crippen LogP contribution in [0.1, 0.15) is 30.9 Å². The van der Waals surface area contributed by atoms with E-state index in [9.17, 15) is 4.79 Å². The van der Waals surface area contributed by atoms with Crippen molar-refractivity contribution in [3.05, 3.63) is 46.4 Å². The molecule has 1 atom stereocenters. The summed E-state index contributed by atoms with van der Waals surface area (Å²) in [6.07, 6.45) is 6.96. The van der Waals surface area contributed by atoms with E-state index >= 15 is 0 Å². The minimum Gasteiger partial charge on any atom is -0.340 e. The molecule has 4 aliphatic rings. The highest BCUT2D eigenvalue weighted by molar-refractivity contribution is 6.08. The third-order valence-electron chi connectivity index (χ3n) is 6.83. The monoisotopic (exact) mass is 333 g/mol. The first kappa shape index (κ1) is 14.1. The van der Waals surface area contributed by atoms with E-state index in [0.29, 0.717) is 12.0 Å². The van der Waals surface area contributed by atoms with E-state index in [1.54, 1.807) is 0 Å². The van der Waals surface area contributed by atoms with Crippen molar-refractivity contribution in [1.29, 1.82) is 0 Å². The molecule has 2 bridgehead atoms. The molecule has 0 amide bonds. The number of piperidine rings is 3. The van der Waals surface area contributed by atoms with Crippen molar-refractivity contribution in [1.82, 2.24) is 14.0 Å². The van der Waals surface area contributed by atoms with E-state index in [1.807, 2.05) is 0 Å². The zero-order chi connectivity index (χ0) is 16.5. The Hall–Kier alpha value is -2.07. The van der Waals surface area contributed by atoms with E-state index in [0.717, 1.165) is 30.3 Å². The molecular weight excluding hydrogens is 310 g/mol. The first-order valence-electron chi connectivity index (χ1n) is 9.68. The Bertz CT molecular complexity index is 1050. The van der Waals surface area contributed by atoms with E-state index in [2.05, 4.69) is 44.5 Å². The number of para-hydroxylation sites is 1. The van der Waals surface area contributed by atoms with Crippen LogP contribution in [0.4, 0.5) is 0 Å². The Balaban J connectivity index is 1.68. The third-order valence-corrected chi connectivity index (χ3v) is 6.83. The molecule has 0 N–H and O–H groups in total. The Morgan fingerprint density at radius 1 is 1.04 bits per heavy atom. The zero-order valence-corrected chi connectivity index (χ0v) is 14.4. The zero-order valence-electron chi connectivity index (χ0n) is 14.4. The Morgan fingerprint density at radius 3 is 2.68 bits per heavy atom. The summed E-state index contributed by atoms with van der Waals surface area (Å²) in [6.45, 7) is 4.50. The second-order valence-corrected chi connectivity index (χ2v) is 8.07. The maximum absolute atomic E-state index is 13.6. The maximum Gasteiger partial charge on any atom is 0.260 e. The van der Waals surface area contributed by atoms with Crippen molar-refractivity contribution in [3.8, 4) is 0 Å². The van der Waals surface area contributed by atoms with Gasteiger partial charge in [0.25, 0.3) is 5.56 Å². The fourth-order valence-corrected chi connectivity index (χ4v) is 5.61. The summed E-state index contributed by atoms with van der Waals surface area (Å²) in [5.74, 6) is 0.671. The van der Waals surface area contributed by atoms with Crippen LogP contribution in [0.2, 0.25) is 0 Å². The van der Waals surface area contributed by atoms with Gasteiger partial charge in [0.2, 0.25) is 0 Å². The highest BCUT2D eigenvalue weighted by atomic mass is 16.1. The van der Waals surface area contributed by atoms with Gasteiger partial charge in [0, 0.05) is 30.2 Å². The van der Waals surface area contributed by atoms with Crippen molar-refractivity contribution in [2.24, 2.45) is 5.92 Å². The average molecular weight is 333 g/mol. The molecule has 0 aliphatic carbocycles. The second-order valence-electron chi connectivity index (χ2n) is 8.07. The number of aryl methyl sites for hydroxylation is 2. The standard InChI is InChI=1S/C21H23N3O/c25-21-19-16-5-1-2-6-17(16)23-9-3-4-15(20(19)23)12-24(21)18-13-22-10-7-14(18)8-11-22/h1-2,5-6,12,14,18H,3-4,7-11,13H2/t18-/m1/s1. The lowest BCUT2D eigenvalue weighted by Crippen LogP contribution is -2.50. The van der Waals surface area contributed by atoms with E-state index in [4.69, 9.17) is 0 Å². The lowest BCUT2D eigenvalue weighted by molar-refractivity contribution is 0.0555. The van der Waals surface area contributed by atoms with Gasteiger partial charge in [0.05, 0.1) is 16.9 Å². The number of hydrogen-bond donors (Lipinski definition) is 0. The topological polar surface area (TPSA) is 30.2 Å². The smallest absolute Gasteiger partial charge is 0.260 e. The molecule has 0 saturated carbocycles. The van der Waals surface area contributed by atoms with Crippen LogP contribution in [0.25, 0.3) is 21.8 Å². The summed E-state index contributed by atoms with van der Waals surface area (Å²) >= 11 is 0. The van der Waals surface area contributed by atoms with Crippen molar-refractivity contribution < 1.29 is 0 Å². The van der Waals surface area contributed by atoms with Gasteiger partial charge in [0.1, 0.15) is 0 Å². The van der Waals surface area contributed by atoms with Crippen LogP contribution in [0.3, 0.4) is 0 Å². The predicted octanol–water partition coefficient (Wildman–Crippen LogP) is 3.17. The number of benzene rings is 1. The van der Waals surface area contributed by atoms with Crippen LogP contribution < -0.4 is 5.56 Å². The number of hydrogen-bond acceptors (Lipinski definition) is 2. The number of fused-ring (bicyclic) bond motifs is 6. The van der Waals surface area contributed by atoms with Gasteiger partial charge in [-0.1, -0.05) is 18.2 Å². The molecule has 25 heavy (non-hydrogen) atoms. The van der Waals surface area contributed by atoms with Crippen molar-refractivity contribution in [2.45, 2.75) is 38.3 Å². The van der Waals surface area contributed by atoms with Gasteiger partial charge in [-0.15, -0.1) is 0 Å². The minimum absolute atomic E-state index is 0.231. The van der Waals surface area contributed by atoms with Gasteiger partial charge in [-0.2, -0.15) is 0 Å². The average Bonchev–Trinajstić information content (AvgIpc) is 3.02. The van der Waals surface area contributed by atoms with E-state index in [1.165, 1.54) is 48.9 Å². The number of aromatic nitrogens is 2. The Kier molecular flexibility index (Phi) is 2.81. The first-order valence-corrected chi connectivity index (χ1v) is 9.68. The fourth-order valence-electron chi connectivity index (χ4n) is 5.61. The van der Waals surface area contributed by atoms with Crippen LogP contribution in [-0.4, -0.2) is 33.7 Å². The molecule has 128 valence electrons. The molecule has 4 aliphatic heterocycles. The minimum atomic E-state index is 0.231. The molecule has 3 fully saturated rings. The molecule has 7 rings (SSSR count). The number of rotatable bonds is 1. The predicted molar refractivity (Wildman–Crippen MR) is 100 cm³/mol. The van der Waals surface area contributed by atoms with Gasteiger partial charge < -0.3 is 14.0 Å². The molecule has 3 aromatic rings. The Labute approximate surface area is 146 Å². The van der Waals surface area contributed by atoms with Crippen molar-refractivity contribution in [2.75, 3.05) is 19.6 Å². The van der Waals surface area contributed by atoms with E-state index in [-0.39, 0.29) is 5.56 Å². The van der Waals surface area contributed by atoms with Crippen molar-refractivity contribution in [3.63, 3.8) is 0 Å². The molecule has 0 unspecified atom stereocenters. The van der Waals surface area contributed by atoms with Crippen LogP contribution in [0.15, 0.2) is 35.3 Å². The third kappa shape index (κ3) is 1.83. The summed E-state index contributed by atoms with van der Waals surface area (Å²) < 4.78 is 4.50. The van der Waals surface area contributed by atoms with Gasteiger partial charge >= 0.3 is 0 Å². The SMILES string of the molecule is O=c1c2c3ccccc3n3c2c(cn1[C@@H]1CN2CCC1CC2)CCC3.